The Labute approximate surface area is 90.0 Å². The molecule has 1 aromatic rings. The molecule has 0 spiro atoms. The number of aryl methyl sites for hydroxylation is 1. The van der Waals surface area contributed by atoms with Crippen LogP contribution in [0.15, 0.2) is 0 Å². The van der Waals surface area contributed by atoms with Gasteiger partial charge in [0.15, 0.2) is 0 Å². The summed E-state index contributed by atoms with van der Waals surface area (Å²) in [6, 6.07) is 0. The highest BCUT2D eigenvalue weighted by Gasteiger charge is 2.36. The predicted octanol–water partition coefficient (Wildman–Crippen LogP) is -0.672. The van der Waals surface area contributed by atoms with Crippen LogP contribution in [0.25, 0.3) is 0 Å². The van der Waals surface area contributed by atoms with Crippen LogP contribution in [0, 0.1) is 5.92 Å². The van der Waals surface area contributed by atoms with Gasteiger partial charge < -0.3 is 0 Å². The van der Waals surface area contributed by atoms with Gasteiger partial charge in [-0.05, 0) is 16.8 Å². The average Bonchev–Trinajstić information content (AvgIpc) is 2.71. The lowest BCUT2D eigenvalue weighted by molar-refractivity contribution is -0.120. The van der Waals surface area contributed by atoms with Crippen molar-refractivity contribution in [2.45, 2.75) is 6.42 Å². The fraction of sp³-hybridized carbons (Fsp3) is 0.571. The zero-order chi connectivity index (χ0) is 11.0. The van der Waals surface area contributed by atoms with Gasteiger partial charge in [0, 0.05) is 13.0 Å². The molecule has 0 bridgehead atoms. The third kappa shape index (κ3) is 1.82. The van der Waals surface area contributed by atoms with Crippen molar-refractivity contribution in [1.82, 2.24) is 20.2 Å². The van der Waals surface area contributed by atoms with Crippen molar-refractivity contribution in [3.8, 4) is 0 Å². The molecule has 8 heteroatoms. The summed E-state index contributed by atoms with van der Waals surface area (Å²) in [6.07, 6.45) is 0.112. The minimum atomic E-state index is -0.505. The van der Waals surface area contributed by atoms with Crippen molar-refractivity contribution in [3.05, 3.63) is 0 Å². The molecule has 1 atom stereocenters. The van der Waals surface area contributed by atoms with Crippen LogP contribution in [0.1, 0.15) is 6.42 Å². The molecule has 7 nitrogen and oxygen atoms in total. The number of hydrogen-bond donors (Lipinski definition) is 0. The normalized spacial score (nSPS) is 21.1. The number of carbonyl (C=O) groups excluding carboxylic acids is 2. The molecule has 0 saturated carbocycles. The number of halogens is 1. The van der Waals surface area contributed by atoms with Gasteiger partial charge in [-0.25, -0.2) is 0 Å². The van der Waals surface area contributed by atoms with E-state index in [9.17, 15) is 9.59 Å². The first-order valence-corrected chi connectivity index (χ1v) is 4.69. The third-order valence-electron chi connectivity index (χ3n) is 2.19. The number of tetrazole rings is 1. The summed E-state index contributed by atoms with van der Waals surface area (Å²) in [7, 11) is 1.60. The number of hydrogen-bond acceptors (Lipinski definition) is 5. The minimum Gasteiger partial charge on any atom is -0.281 e. The maximum absolute atomic E-state index is 11.5. The average molecular weight is 230 g/mol. The van der Waals surface area contributed by atoms with Crippen LogP contribution < -0.4 is 4.90 Å². The van der Waals surface area contributed by atoms with Gasteiger partial charge in [-0.15, -0.1) is 5.10 Å². The molecule has 15 heavy (non-hydrogen) atoms. The third-order valence-corrected chi connectivity index (χ3v) is 2.49. The molecule has 1 saturated heterocycles. The van der Waals surface area contributed by atoms with Gasteiger partial charge in [0.05, 0.1) is 13.0 Å². The van der Waals surface area contributed by atoms with Gasteiger partial charge in [0.1, 0.15) is 0 Å². The molecule has 1 amide bonds. The number of aromatic nitrogens is 4. The molecule has 1 aromatic heterocycles. The molecule has 2 heterocycles. The van der Waals surface area contributed by atoms with Crippen LogP contribution in [0.3, 0.4) is 0 Å². The van der Waals surface area contributed by atoms with Crippen LogP contribution >= 0.6 is 11.6 Å². The fourth-order valence-electron chi connectivity index (χ4n) is 1.44. The fourth-order valence-corrected chi connectivity index (χ4v) is 1.58. The van der Waals surface area contributed by atoms with Crippen LogP contribution in [0.5, 0.6) is 0 Å². The Morgan fingerprint density at radius 1 is 1.60 bits per heavy atom. The van der Waals surface area contributed by atoms with E-state index in [-0.39, 0.29) is 24.8 Å². The van der Waals surface area contributed by atoms with E-state index in [4.69, 9.17) is 11.6 Å². The van der Waals surface area contributed by atoms with E-state index in [1.54, 1.807) is 7.05 Å². The Morgan fingerprint density at radius 2 is 2.33 bits per heavy atom. The van der Waals surface area contributed by atoms with Crippen molar-refractivity contribution in [3.63, 3.8) is 0 Å². The molecular weight excluding hydrogens is 222 g/mol. The van der Waals surface area contributed by atoms with Crippen molar-refractivity contribution in [1.29, 1.82) is 0 Å². The summed E-state index contributed by atoms with van der Waals surface area (Å²) >= 11 is 5.33. The first kappa shape index (κ1) is 10.0. The van der Waals surface area contributed by atoms with Gasteiger partial charge in [-0.2, -0.15) is 4.80 Å². The van der Waals surface area contributed by atoms with E-state index in [1.807, 2.05) is 0 Å². The Kier molecular flexibility index (Phi) is 2.39. The Morgan fingerprint density at radius 3 is 2.80 bits per heavy atom. The molecule has 0 aromatic carbocycles. The quantitative estimate of drug-likeness (QED) is 0.628. The highest BCUT2D eigenvalue weighted by molar-refractivity contribution is 6.64. The van der Waals surface area contributed by atoms with Gasteiger partial charge in [-0.3, -0.25) is 14.5 Å². The molecule has 1 fully saturated rings. The Balaban J connectivity index is 2.18. The van der Waals surface area contributed by atoms with E-state index < -0.39 is 11.2 Å². The van der Waals surface area contributed by atoms with E-state index >= 15 is 0 Å². The lowest BCUT2D eigenvalue weighted by Gasteiger charge is -2.09. The van der Waals surface area contributed by atoms with Crippen molar-refractivity contribution in [2.24, 2.45) is 13.0 Å². The lowest BCUT2D eigenvalue weighted by Crippen LogP contribution is -2.26. The van der Waals surface area contributed by atoms with Gasteiger partial charge in [0.2, 0.25) is 11.1 Å². The summed E-state index contributed by atoms with van der Waals surface area (Å²) in [4.78, 5) is 25.0. The zero-order valence-corrected chi connectivity index (χ0v) is 8.68. The summed E-state index contributed by atoms with van der Waals surface area (Å²) in [6.45, 7) is 0.229. The minimum absolute atomic E-state index is 0.112. The number of rotatable bonds is 2. The van der Waals surface area contributed by atoms with Crippen molar-refractivity contribution >= 4 is 28.7 Å². The monoisotopic (exact) mass is 229 g/mol. The number of carbonyl (C=O) groups is 2. The summed E-state index contributed by atoms with van der Waals surface area (Å²) in [5, 5.41) is 10.7. The summed E-state index contributed by atoms with van der Waals surface area (Å²) in [5.74, 6) is -0.465. The predicted molar refractivity (Wildman–Crippen MR) is 50.1 cm³/mol. The van der Waals surface area contributed by atoms with Crippen molar-refractivity contribution < 1.29 is 9.59 Å². The number of nitrogens with zero attached hydrogens (tertiary/aromatic N) is 5. The second kappa shape index (κ2) is 3.58. The first-order valence-electron chi connectivity index (χ1n) is 4.31. The van der Waals surface area contributed by atoms with Gasteiger partial charge in [-0.1, -0.05) is 5.10 Å². The Hall–Kier alpha value is -1.50. The molecule has 1 aliphatic heterocycles. The molecule has 2 rings (SSSR count). The lowest BCUT2D eigenvalue weighted by atomic mass is 10.1. The maximum atomic E-state index is 11.5. The largest absolute Gasteiger partial charge is 0.281 e. The molecule has 1 aliphatic rings. The standard InChI is InChI=1S/C7H8ClN5O2/c1-12-10-7(9-11-12)13-3-4(6(8)15)2-5(13)14/h4H,2-3H2,1H3. The Bertz CT molecular complexity index is 417. The van der Waals surface area contributed by atoms with Crippen molar-refractivity contribution in [2.75, 3.05) is 11.4 Å². The van der Waals surface area contributed by atoms with E-state index in [2.05, 4.69) is 15.4 Å². The van der Waals surface area contributed by atoms with Gasteiger partial charge in [0.25, 0.3) is 5.95 Å². The van der Waals surface area contributed by atoms with Crippen LogP contribution in [0.2, 0.25) is 0 Å². The first-order chi connectivity index (χ1) is 7.08. The highest BCUT2D eigenvalue weighted by Crippen LogP contribution is 2.22. The maximum Gasteiger partial charge on any atom is 0.272 e. The second-order valence-corrected chi connectivity index (χ2v) is 3.66. The van der Waals surface area contributed by atoms with E-state index in [0.717, 1.165) is 0 Å². The van der Waals surface area contributed by atoms with E-state index in [1.165, 1.54) is 9.70 Å². The van der Waals surface area contributed by atoms with Gasteiger partial charge >= 0.3 is 0 Å². The number of amides is 1. The molecule has 0 radical (unpaired) electrons. The number of anilines is 1. The zero-order valence-electron chi connectivity index (χ0n) is 7.92. The van der Waals surface area contributed by atoms with E-state index in [0.29, 0.717) is 0 Å². The topological polar surface area (TPSA) is 81.0 Å². The van der Waals surface area contributed by atoms with Crippen LogP contribution in [0.4, 0.5) is 5.95 Å². The SMILES string of the molecule is Cn1nnc(N2CC(C(=O)Cl)CC2=O)n1. The van der Waals surface area contributed by atoms with Crippen LogP contribution in [-0.2, 0) is 16.6 Å². The summed E-state index contributed by atoms with van der Waals surface area (Å²) < 4.78 is 0. The molecule has 0 N–H and O–H groups in total. The van der Waals surface area contributed by atoms with Crippen LogP contribution in [-0.4, -0.2) is 37.9 Å². The summed E-state index contributed by atoms with van der Waals surface area (Å²) in [5.41, 5.74) is 0. The molecule has 1 unspecified atom stereocenters. The molecule has 80 valence electrons. The second-order valence-electron chi connectivity index (χ2n) is 3.29. The molecule has 0 aliphatic carbocycles. The smallest absolute Gasteiger partial charge is 0.272 e. The highest BCUT2D eigenvalue weighted by atomic mass is 35.5. The molecular formula is C7H8ClN5O2.